The zero-order chi connectivity index (χ0) is 25.7. The summed E-state index contributed by atoms with van der Waals surface area (Å²) in [5.41, 5.74) is 2.70. The van der Waals surface area contributed by atoms with Gasteiger partial charge < -0.3 is 24.1 Å². The van der Waals surface area contributed by atoms with Crippen molar-refractivity contribution >= 4 is 17.4 Å². The zero-order valence-corrected chi connectivity index (χ0v) is 20.9. The van der Waals surface area contributed by atoms with Crippen molar-refractivity contribution < 1.29 is 23.8 Å². The Morgan fingerprint density at radius 1 is 1.03 bits per heavy atom. The molecule has 1 atom stereocenters. The number of likely N-dealkylation sites (tertiary alicyclic amines) is 1. The molecule has 1 aliphatic heterocycles. The molecule has 0 aliphatic carbocycles. The number of aliphatic hydroxyl groups is 1. The van der Waals surface area contributed by atoms with Crippen molar-refractivity contribution in [1.29, 1.82) is 0 Å². The molecule has 3 aromatic rings. The van der Waals surface area contributed by atoms with E-state index in [0.29, 0.717) is 36.8 Å². The minimum Gasteiger partial charge on any atom is -0.507 e. The zero-order valence-electron chi connectivity index (χ0n) is 20.9. The number of rotatable bonds is 10. The molecular weight excluding hydrogens is 456 g/mol. The fraction of sp³-hybridized carbons (Fsp3) is 0.310. The molecule has 4 rings (SSSR count). The Morgan fingerprint density at radius 3 is 2.39 bits per heavy atom. The molecule has 1 unspecified atom stereocenters. The quantitative estimate of drug-likeness (QED) is 0.248. The standard InChI is InChI=1S/C29H32N2O5/c1-4-30(5-2)16-17-31-26(24-11-8-18-35-24)25(28(33)29(31)34)27(32)21-12-14-23(15-13-21)36-19-22-10-7-6-9-20(22)3/h6-15,18,26,32H,4-5,16-17,19H2,1-3H3. The molecule has 188 valence electrons. The third-order valence-electron chi connectivity index (χ3n) is 6.69. The maximum atomic E-state index is 13.1. The molecule has 0 bridgehead atoms. The lowest BCUT2D eigenvalue weighted by Crippen LogP contribution is -2.37. The number of nitrogens with zero attached hydrogens (tertiary/aromatic N) is 2. The normalized spacial score (nSPS) is 17.2. The Hall–Kier alpha value is -3.84. The molecule has 2 aromatic carbocycles. The summed E-state index contributed by atoms with van der Waals surface area (Å²) in [5, 5.41) is 11.2. The number of carbonyl (C=O) groups excluding carboxylic acids is 2. The first kappa shape index (κ1) is 25.3. The van der Waals surface area contributed by atoms with Crippen LogP contribution >= 0.6 is 0 Å². The summed E-state index contributed by atoms with van der Waals surface area (Å²) in [5.74, 6) is -0.507. The topological polar surface area (TPSA) is 83.2 Å². The summed E-state index contributed by atoms with van der Waals surface area (Å²) in [6, 6.07) is 17.5. The van der Waals surface area contributed by atoms with E-state index in [1.165, 1.54) is 11.2 Å². The van der Waals surface area contributed by atoms with Crippen LogP contribution in [0.3, 0.4) is 0 Å². The molecule has 1 saturated heterocycles. The van der Waals surface area contributed by atoms with Gasteiger partial charge >= 0.3 is 0 Å². The number of hydrogen-bond donors (Lipinski definition) is 1. The number of ether oxygens (including phenoxy) is 1. The second kappa shape index (κ2) is 11.3. The first-order valence-corrected chi connectivity index (χ1v) is 12.3. The van der Waals surface area contributed by atoms with Gasteiger partial charge in [0, 0.05) is 18.7 Å². The summed E-state index contributed by atoms with van der Waals surface area (Å²) in [4.78, 5) is 29.8. The van der Waals surface area contributed by atoms with Gasteiger partial charge in [0.05, 0.1) is 11.8 Å². The van der Waals surface area contributed by atoms with Gasteiger partial charge in [-0.25, -0.2) is 0 Å². The van der Waals surface area contributed by atoms with Crippen LogP contribution in [-0.4, -0.2) is 52.8 Å². The molecule has 0 saturated carbocycles. The predicted octanol–water partition coefficient (Wildman–Crippen LogP) is 4.93. The molecule has 36 heavy (non-hydrogen) atoms. The molecular formula is C29H32N2O5. The van der Waals surface area contributed by atoms with Crippen LogP contribution in [0.2, 0.25) is 0 Å². The second-order valence-electron chi connectivity index (χ2n) is 8.77. The molecule has 1 fully saturated rings. The van der Waals surface area contributed by atoms with E-state index in [9.17, 15) is 14.7 Å². The van der Waals surface area contributed by atoms with Crippen LogP contribution < -0.4 is 4.74 Å². The molecule has 1 amide bonds. The third-order valence-corrected chi connectivity index (χ3v) is 6.69. The molecule has 1 aromatic heterocycles. The van der Waals surface area contributed by atoms with Gasteiger partial charge in [0.15, 0.2) is 0 Å². The van der Waals surface area contributed by atoms with Gasteiger partial charge in [-0.15, -0.1) is 0 Å². The van der Waals surface area contributed by atoms with E-state index in [1.54, 1.807) is 36.4 Å². The number of likely N-dealkylation sites (N-methyl/N-ethyl adjacent to an activating group) is 1. The number of ketones is 1. The van der Waals surface area contributed by atoms with E-state index in [4.69, 9.17) is 9.15 Å². The van der Waals surface area contributed by atoms with Crippen LogP contribution in [0.5, 0.6) is 5.75 Å². The molecule has 1 N–H and O–H groups in total. The van der Waals surface area contributed by atoms with E-state index in [1.807, 2.05) is 31.2 Å². The Balaban J connectivity index is 1.59. The molecule has 7 heteroatoms. The van der Waals surface area contributed by atoms with E-state index in [-0.39, 0.29) is 11.3 Å². The number of furan rings is 1. The number of Topliss-reactive ketones (excluding diaryl/α,β-unsaturated/α-hetero) is 1. The predicted molar refractivity (Wildman–Crippen MR) is 137 cm³/mol. The third kappa shape index (κ3) is 5.21. The van der Waals surface area contributed by atoms with Crippen molar-refractivity contribution in [1.82, 2.24) is 9.80 Å². The van der Waals surface area contributed by atoms with Crippen molar-refractivity contribution in [2.24, 2.45) is 0 Å². The first-order chi connectivity index (χ1) is 17.4. The minimum atomic E-state index is -0.785. The van der Waals surface area contributed by atoms with Crippen LogP contribution in [0.15, 0.2) is 76.9 Å². The maximum absolute atomic E-state index is 13.1. The Morgan fingerprint density at radius 2 is 1.75 bits per heavy atom. The lowest BCUT2D eigenvalue weighted by molar-refractivity contribution is -0.140. The largest absolute Gasteiger partial charge is 0.507 e. The lowest BCUT2D eigenvalue weighted by Gasteiger charge is -2.26. The van der Waals surface area contributed by atoms with Gasteiger partial charge in [-0.2, -0.15) is 0 Å². The average molecular weight is 489 g/mol. The van der Waals surface area contributed by atoms with Crippen LogP contribution in [-0.2, 0) is 16.2 Å². The smallest absolute Gasteiger partial charge is 0.295 e. The summed E-state index contributed by atoms with van der Waals surface area (Å²) < 4.78 is 11.5. The van der Waals surface area contributed by atoms with Gasteiger partial charge in [-0.1, -0.05) is 38.1 Å². The van der Waals surface area contributed by atoms with Gasteiger partial charge in [0.1, 0.15) is 29.9 Å². The van der Waals surface area contributed by atoms with Crippen LogP contribution in [0.25, 0.3) is 5.76 Å². The van der Waals surface area contributed by atoms with Gasteiger partial charge in [-0.3, -0.25) is 9.59 Å². The highest BCUT2D eigenvalue weighted by molar-refractivity contribution is 6.46. The fourth-order valence-electron chi connectivity index (χ4n) is 4.44. The Labute approximate surface area is 211 Å². The van der Waals surface area contributed by atoms with Gasteiger partial charge in [0.2, 0.25) is 0 Å². The van der Waals surface area contributed by atoms with Crippen molar-refractivity contribution in [3.05, 3.63) is 95.0 Å². The second-order valence-corrected chi connectivity index (χ2v) is 8.77. The van der Waals surface area contributed by atoms with Crippen LogP contribution in [0, 0.1) is 6.92 Å². The Bertz CT molecular complexity index is 1230. The number of amides is 1. The maximum Gasteiger partial charge on any atom is 0.295 e. The highest BCUT2D eigenvalue weighted by Crippen LogP contribution is 2.39. The molecule has 0 radical (unpaired) electrons. The molecule has 7 nitrogen and oxygen atoms in total. The molecule has 0 spiro atoms. The number of hydrogen-bond acceptors (Lipinski definition) is 6. The van der Waals surface area contributed by atoms with Crippen LogP contribution in [0.4, 0.5) is 0 Å². The van der Waals surface area contributed by atoms with Crippen molar-refractivity contribution in [2.75, 3.05) is 26.2 Å². The van der Waals surface area contributed by atoms with E-state index in [2.05, 4.69) is 18.7 Å². The average Bonchev–Trinajstić information content (AvgIpc) is 3.51. The van der Waals surface area contributed by atoms with E-state index >= 15 is 0 Å². The molecule has 1 aliphatic rings. The summed E-state index contributed by atoms with van der Waals surface area (Å²) in [7, 11) is 0. The van der Waals surface area contributed by atoms with Gasteiger partial charge in [-0.05, 0) is 67.5 Å². The number of carbonyl (C=O) groups is 2. The molecule has 2 heterocycles. The first-order valence-electron chi connectivity index (χ1n) is 12.3. The fourth-order valence-corrected chi connectivity index (χ4v) is 4.44. The summed E-state index contributed by atoms with van der Waals surface area (Å²) in [6.45, 7) is 9.20. The highest BCUT2D eigenvalue weighted by Gasteiger charge is 2.47. The number of benzene rings is 2. The minimum absolute atomic E-state index is 0.0306. The monoisotopic (exact) mass is 488 g/mol. The van der Waals surface area contributed by atoms with Crippen molar-refractivity contribution in [3.63, 3.8) is 0 Å². The van der Waals surface area contributed by atoms with Crippen LogP contribution in [0.1, 0.15) is 42.3 Å². The Kier molecular flexibility index (Phi) is 7.90. The summed E-state index contributed by atoms with van der Waals surface area (Å²) >= 11 is 0. The SMILES string of the molecule is CCN(CC)CCN1C(=O)C(=O)C(=C(O)c2ccc(OCc3ccccc3C)cc2)C1c1ccco1. The lowest BCUT2D eigenvalue weighted by atomic mass is 9.99. The van der Waals surface area contributed by atoms with Gasteiger partial charge in [0.25, 0.3) is 11.7 Å². The highest BCUT2D eigenvalue weighted by atomic mass is 16.5. The van der Waals surface area contributed by atoms with E-state index in [0.717, 1.165) is 24.2 Å². The van der Waals surface area contributed by atoms with Crippen molar-refractivity contribution in [3.8, 4) is 5.75 Å². The number of aryl methyl sites for hydroxylation is 1. The number of aliphatic hydroxyl groups excluding tert-OH is 1. The van der Waals surface area contributed by atoms with Crippen molar-refractivity contribution in [2.45, 2.75) is 33.4 Å². The summed E-state index contributed by atoms with van der Waals surface area (Å²) in [6.07, 6.45) is 1.50. The van der Waals surface area contributed by atoms with E-state index < -0.39 is 17.7 Å².